The Bertz CT molecular complexity index is 2370. The van der Waals surface area contributed by atoms with E-state index in [1.165, 1.54) is 0 Å². The van der Waals surface area contributed by atoms with Crippen LogP contribution in [0, 0.1) is 0 Å². The van der Waals surface area contributed by atoms with Gasteiger partial charge in [0.1, 0.15) is 0 Å². The van der Waals surface area contributed by atoms with E-state index >= 15 is 4.57 Å². The number of rotatable bonds is 7. The number of aromatic nitrogens is 3. The van der Waals surface area contributed by atoms with E-state index in [9.17, 15) is 0 Å². The van der Waals surface area contributed by atoms with E-state index in [0.29, 0.717) is 11.6 Å². The van der Waals surface area contributed by atoms with Gasteiger partial charge >= 0.3 is 7.44 Å². The summed E-state index contributed by atoms with van der Waals surface area (Å²) in [5, 5.41) is 0. The zero-order valence-electron chi connectivity index (χ0n) is 28.1. The molecule has 0 saturated heterocycles. The highest BCUT2D eigenvalue weighted by atomic mass is 31.2. The second kappa shape index (κ2) is 13.3. The van der Waals surface area contributed by atoms with Crippen LogP contribution in [-0.4, -0.2) is 15.0 Å². The molecule has 0 bridgehead atoms. The Hall–Kier alpha value is -6.62. The first-order valence-electron chi connectivity index (χ1n) is 17.2. The van der Waals surface area contributed by atoms with Crippen molar-refractivity contribution in [2.75, 3.05) is 9.34 Å². The molecule has 0 atom stereocenters. The first-order chi connectivity index (χ1) is 25.7. The summed E-state index contributed by atoms with van der Waals surface area (Å²) in [5.41, 5.74) is 9.08. The van der Waals surface area contributed by atoms with Crippen molar-refractivity contribution in [2.24, 2.45) is 0 Å². The molecule has 52 heavy (non-hydrogen) atoms. The molecule has 0 aliphatic carbocycles. The highest BCUT2D eigenvalue weighted by molar-refractivity contribution is 7.75. The number of nitrogens with zero attached hydrogens (tertiary/aromatic N) is 5. The quantitative estimate of drug-likeness (QED) is 0.155. The summed E-state index contributed by atoms with van der Waals surface area (Å²) >= 11 is 0. The van der Waals surface area contributed by atoms with Crippen molar-refractivity contribution in [3.05, 3.63) is 194 Å². The van der Waals surface area contributed by atoms with Gasteiger partial charge in [0.2, 0.25) is 5.57 Å². The monoisotopic (exact) mass is 689 g/mol. The summed E-state index contributed by atoms with van der Waals surface area (Å²) in [5.74, 6) is 0.901. The third-order valence-electron chi connectivity index (χ3n) is 9.23. The van der Waals surface area contributed by atoms with Crippen LogP contribution in [0.25, 0.3) is 45.0 Å². The number of para-hydroxylation sites is 2. The lowest BCUT2D eigenvalue weighted by Gasteiger charge is -2.31. The minimum Gasteiger partial charge on any atom is -0.267 e. The molecule has 1 aromatic heterocycles. The van der Waals surface area contributed by atoms with Crippen molar-refractivity contribution in [1.29, 1.82) is 0 Å². The molecule has 248 valence electrons. The maximum atomic E-state index is 16.9. The zero-order chi connectivity index (χ0) is 34.9. The average Bonchev–Trinajstić information content (AvgIpc) is 3.50. The van der Waals surface area contributed by atoms with Crippen LogP contribution in [0.5, 0.6) is 0 Å². The predicted molar refractivity (Wildman–Crippen MR) is 212 cm³/mol. The fourth-order valence-corrected chi connectivity index (χ4v) is 9.63. The Labute approximate surface area is 302 Å². The van der Waals surface area contributed by atoms with Gasteiger partial charge in [-0.25, -0.2) is 15.0 Å². The number of benzene rings is 7. The maximum absolute atomic E-state index is 16.9. The third kappa shape index (κ3) is 5.47. The molecule has 8 aromatic rings. The highest BCUT2D eigenvalue weighted by Crippen LogP contribution is 2.70. The Morgan fingerprint density at radius 1 is 0.365 bits per heavy atom. The molecule has 7 heteroatoms. The number of hydrogen-bond acceptors (Lipinski definition) is 4. The van der Waals surface area contributed by atoms with Crippen molar-refractivity contribution >= 4 is 35.8 Å². The smallest absolute Gasteiger partial charge is 0.267 e. The minimum atomic E-state index is -3.98. The van der Waals surface area contributed by atoms with Crippen LogP contribution in [0.2, 0.25) is 0 Å². The maximum Gasteiger partial charge on any atom is 0.338 e. The van der Waals surface area contributed by atoms with Crippen molar-refractivity contribution < 1.29 is 4.57 Å². The van der Waals surface area contributed by atoms with Crippen molar-refractivity contribution in [3.63, 3.8) is 0 Å². The topological polar surface area (TPSA) is 62.2 Å². The largest absolute Gasteiger partial charge is 0.338 e. The summed E-state index contributed by atoms with van der Waals surface area (Å²) in [7, 11) is -3.98. The lowest BCUT2D eigenvalue weighted by molar-refractivity contribution is 0.581. The standard InChI is InChI=1S/C45H32N5OP/c51-52(45-47-43(35-23-11-3-12-24-35)46-44(48-45)36-25-13-4-14-26-36)49(37-27-15-5-16-28-37)41-31-39(33-19-7-1-8-20-33)40(34-21-9-2-10-22-34)32-42(41)50(52)38-29-17-6-18-30-38/h1-32H. The predicted octanol–water partition coefficient (Wildman–Crippen LogP) is 11.3. The molecule has 1 aliphatic rings. The van der Waals surface area contributed by atoms with E-state index in [4.69, 9.17) is 15.0 Å². The number of fused-ring (bicyclic) bond motifs is 1. The lowest BCUT2D eigenvalue weighted by Crippen LogP contribution is -2.31. The van der Waals surface area contributed by atoms with E-state index in [1.54, 1.807) is 0 Å². The molecule has 0 amide bonds. The normalized spacial score (nSPS) is 13.2. The van der Waals surface area contributed by atoms with Gasteiger partial charge in [0.15, 0.2) is 11.6 Å². The van der Waals surface area contributed by atoms with E-state index in [2.05, 4.69) is 60.7 Å². The van der Waals surface area contributed by atoms with Crippen LogP contribution in [0.3, 0.4) is 0 Å². The van der Waals surface area contributed by atoms with Crippen molar-refractivity contribution in [3.8, 4) is 45.0 Å². The van der Waals surface area contributed by atoms with Gasteiger partial charge in [-0.3, -0.25) is 13.9 Å². The van der Waals surface area contributed by atoms with Gasteiger partial charge in [-0.1, -0.05) is 158 Å². The first kappa shape index (κ1) is 31.4. The summed E-state index contributed by atoms with van der Waals surface area (Å²) in [6.45, 7) is 0. The van der Waals surface area contributed by atoms with Crippen LogP contribution in [-0.2, 0) is 4.57 Å². The Kier molecular flexibility index (Phi) is 8.00. The number of anilines is 4. The van der Waals surface area contributed by atoms with Crippen LogP contribution in [0.4, 0.5) is 22.7 Å². The second-order valence-electron chi connectivity index (χ2n) is 12.5. The molecule has 0 fully saturated rings. The van der Waals surface area contributed by atoms with Gasteiger partial charge in [-0.05, 0) is 58.7 Å². The molecule has 0 N–H and O–H groups in total. The van der Waals surface area contributed by atoms with Gasteiger partial charge in [0.25, 0.3) is 0 Å². The fourth-order valence-electron chi connectivity index (χ4n) is 6.85. The summed E-state index contributed by atoms with van der Waals surface area (Å²) in [6, 6.07) is 64.5. The third-order valence-corrected chi connectivity index (χ3v) is 11.9. The molecule has 0 radical (unpaired) electrons. The number of hydrogen-bond donors (Lipinski definition) is 0. The van der Waals surface area contributed by atoms with Crippen LogP contribution in [0.15, 0.2) is 194 Å². The molecule has 6 nitrogen and oxygen atoms in total. The van der Waals surface area contributed by atoms with Crippen molar-refractivity contribution in [1.82, 2.24) is 15.0 Å². The summed E-state index contributed by atoms with van der Waals surface area (Å²) < 4.78 is 20.8. The minimum absolute atomic E-state index is 0.187. The Morgan fingerprint density at radius 2 is 0.673 bits per heavy atom. The second-order valence-corrected chi connectivity index (χ2v) is 14.8. The summed E-state index contributed by atoms with van der Waals surface area (Å²) in [4.78, 5) is 15.2. The van der Waals surface area contributed by atoms with Gasteiger partial charge in [0.05, 0.1) is 11.4 Å². The fraction of sp³-hybridized carbons (Fsp3) is 0. The zero-order valence-corrected chi connectivity index (χ0v) is 29.0. The van der Waals surface area contributed by atoms with E-state index in [1.807, 2.05) is 143 Å². The molecule has 7 aromatic carbocycles. The molecule has 2 heterocycles. The van der Waals surface area contributed by atoms with Crippen molar-refractivity contribution in [2.45, 2.75) is 0 Å². The van der Waals surface area contributed by atoms with E-state index in [0.717, 1.165) is 56.1 Å². The molecule has 0 spiro atoms. The first-order valence-corrected chi connectivity index (χ1v) is 18.8. The Morgan fingerprint density at radius 3 is 1.02 bits per heavy atom. The Balaban J connectivity index is 1.39. The van der Waals surface area contributed by atoms with Gasteiger partial charge < -0.3 is 0 Å². The molecule has 0 unspecified atom stereocenters. The van der Waals surface area contributed by atoms with Crippen LogP contribution < -0.4 is 14.9 Å². The van der Waals surface area contributed by atoms with E-state index < -0.39 is 7.44 Å². The van der Waals surface area contributed by atoms with Crippen LogP contribution in [0.1, 0.15) is 0 Å². The van der Waals surface area contributed by atoms with Gasteiger partial charge in [0, 0.05) is 22.5 Å². The van der Waals surface area contributed by atoms with Crippen LogP contribution >= 0.6 is 7.44 Å². The highest BCUT2D eigenvalue weighted by Gasteiger charge is 2.52. The summed E-state index contributed by atoms with van der Waals surface area (Å²) in [6.07, 6.45) is 0. The molecule has 1 aliphatic heterocycles. The molecular weight excluding hydrogens is 658 g/mol. The molecule has 9 rings (SSSR count). The SMILES string of the molecule is O=P1(c2nc(-c3ccccc3)nc(-c3ccccc3)n2)N(c2ccccc2)c2cc(-c3ccccc3)c(-c3ccccc3)cc2N1c1ccccc1. The van der Waals surface area contributed by atoms with Gasteiger partial charge in [-0.15, -0.1) is 0 Å². The molecular formula is C45H32N5OP. The van der Waals surface area contributed by atoms with Gasteiger partial charge in [-0.2, -0.15) is 0 Å². The average molecular weight is 690 g/mol. The molecule has 0 saturated carbocycles. The lowest BCUT2D eigenvalue weighted by atomic mass is 9.93. The van der Waals surface area contributed by atoms with E-state index in [-0.39, 0.29) is 5.57 Å².